The fraction of sp³-hybridized carbons (Fsp3) is 0.462. The normalized spacial score (nSPS) is 14.8. The van der Waals surface area contributed by atoms with Gasteiger partial charge in [-0.1, -0.05) is 42.8 Å². The Morgan fingerprint density at radius 3 is 2.53 bits per heavy atom. The van der Waals surface area contributed by atoms with Crippen LogP contribution in [0, 0.1) is 0 Å². The molecule has 6 heteroatoms. The summed E-state index contributed by atoms with van der Waals surface area (Å²) in [6, 6.07) is 16.4. The van der Waals surface area contributed by atoms with Crippen molar-refractivity contribution in [3.05, 3.63) is 70.8 Å². The molecule has 0 saturated carbocycles. The Kier molecular flexibility index (Phi) is 9.57. The van der Waals surface area contributed by atoms with Crippen LogP contribution < -0.4 is 16.0 Å². The molecular weight excluding hydrogens is 398 g/mol. The number of hydrogen-bond donors (Lipinski definition) is 3. The Balaban J connectivity index is 1.58. The van der Waals surface area contributed by atoms with E-state index < -0.39 is 0 Å². The molecule has 0 bridgehead atoms. The van der Waals surface area contributed by atoms with Crippen LogP contribution >= 0.6 is 0 Å². The van der Waals surface area contributed by atoms with Crippen molar-refractivity contribution in [1.29, 1.82) is 0 Å². The van der Waals surface area contributed by atoms with Crippen LogP contribution in [0.25, 0.3) is 0 Å². The van der Waals surface area contributed by atoms with Gasteiger partial charge in [-0.25, -0.2) is 4.99 Å². The number of nitrogens with zero attached hydrogens (tertiary/aromatic N) is 2. The molecule has 1 aliphatic rings. The smallest absolute Gasteiger partial charge is 0.251 e. The van der Waals surface area contributed by atoms with Crippen molar-refractivity contribution >= 4 is 11.9 Å². The second kappa shape index (κ2) is 12.9. The van der Waals surface area contributed by atoms with Gasteiger partial charge < -0.3 is 16.0 Å². The summed E-state index contributed by atoms with van der Waals surface area (Å²) in [5.74, 6) is 0.765. The average molecular weight is 436 g/mol. The van der Waals surface area contributed by atoms with Crippen molar-refractivity contribution in [2.45, 2.75) is 45.7 Å². The number of aliphatic imine (C=N–C) groups is 1. The van der Waals surface area contributed by atoms with Gasteiger partial charge in [-0.05, 0) is 68.1 Å². The Morgan fingerprint density at radius 1 is 1.00 bits per heavy atom. The van der Waals surface area contributed by atoms with Crippen LogP contribution in [0.15, 0.2) is 53.5 Å². The first-order chi connectivity index (χ1) is 15.7. The Bertz CT molecular complexity index is 889. The van der Waals surface area contributed by atoms with Crippen LogP contribution in [0.4, 0.5) is 0 Å². The predicted molar refractivity (Wildman–Crippen MR) is 132 cm³/mol. The van der Waals surface area contributed by atoms with Crippen LogP contribution in [0.1, 0.15) is 53.2 Å². The predicted octanol–water partition coefficient (Wildman–Crippen LogP) is 3.33. The topological polar surface area (TPSA) is 68.8 Å². The Labute approximate surface area is 192 Å². The highest BCUT2D eigenvalue weighted by Crippen LogP contribution is 2.17. The zero-order chi connectivity index (χ0) is 22.6. The number of likely N-dealkylation sites (tertiary alicyclic amines) is 1. The van der Waals surface area contributed by atoms with Crippen molar-refractivity contribution in [3.8, 4) is 0 Å². The summed E-state index contributed by atoms with van der Waals surface area (Å²) in [6.45, 7) is 7.70. The molecule has 172 valence electrons. The van der Waals surface area contributed by atoms with Crippen LogP contribution in [0.5, 0.6) is 0 Å². The largest absolute Gasteiger partial charge is 0.357 e. The number of amides is 1. The standard InChI is InChI=1S/C26H37N5O/c1-3-28-26(29-15-14-21-10-9-13-22(18-21)25(32)27-2)30-19-23-11-5-6-12-24(23)20-31-16-7-4-8-17-31/h5-6,9-13,18H,3-4,7-8,14-17,19-20H2,1-2H3,(H,27,32)(H2,28,29,30). The van der Waals surface area contributed by atoms with Gasteiger partial charge in [0.05, 0.1) is 6.54 Å². The third-order valence-corrected chi connectivity index (χ3v) is 5.84. The summed E-state index contributed by atoms with van der Waals surface area (Å²) >= 11 is 0. The second-order valence-corrected chi connectivity index (χ2v) is 8.26. The molecule has 2 aromatic carbocycles. The molecule has 0 unspecified atom stereocenters. The SMILES string of the molecule is CCNC(=NCc1ccccc1CN1CCCCC1)NCCc1cccc(C(=O)NC)c1. The second-order valence-electron chi connectivity index (χ2n) is 8.26. The van der Waals surface area contributed by atoms with E-state index in [0.717, 1.165) is 37.6 Å². The molecule has 6 nitrogen and oxygen atoms in total. The molecule has 0 spiro atoms. The van der Waals surface area contributed by atoms with Gasteiger partial charge in [0.15, 0.2) is 5.96 Å². The van der Waals surface area contributed by atoms with E-state index in [4.69, 9.17) is 4.99 Å². The summed E-state index contributed by atoms with van der Waals surface area (Å²) in [7, 11) is 1.65. The molecule has 1 aliphatic heterocycles. The van der Waals surface area contributed by atoms with Gasteiger partial charge in [-0.2, -0.15) is 0 Å². The Morgan fingerprint density at radius 2 is 1.78 bits per heavy atom. The molecule has 1 saturated heterocycles. The van der Waals surface area contributed by atoms with Crippen molar-refractivity contribution in [2.75, 3.05) is 33.2 Å². The maximum Gasteiger partial charge on any atom is 0.251 e. The lowest BCUT2D eigenvalue weighted by atomic mass is 10.1. The van der Waals surface area contributed by atoms with E-state index in [1.165, 1.54) is 43.5 Å². The van der Waals surface area contributed by atoms with Gasteiger partial charge in [0, 0.05) is 32.2 Å². The number of guanidine groups is 1. The van der Waals surface area contributed by atoms with Crippen LogP contribution in [-0.2, 0) is 19.5 Å². The number of benzene rings is 2. The highest BCUT2D eigenvalue weighted by atomic mass is 16.1. The van der Waals surface area contributed by atoms with E-state index in [9.17, 15) is 4.79 Å². The minimum atomic E-state index is -0.0575. The average Bonchev–Trinajstić information content (AvgIpc) is 2.83. The lowest BCUT2D eigenvalue weighted by Gasteiger charge is -2.27. The van der Waals surface area contributed by atoms with Crippen molar-refractivity contribution < 1.29 is 4.79 Å². The van der Waals surface area contributed by atoms with E-state index in [1.54, 1.807) is 7.05 Å². The fourth-order valence-electron chi connectivity index (χ4n) is 4.07. The summed E-state index contributed by atoms with van der Waals surface area (Å²) in [5, 5.41) is 9.45. The number of hydrogen-bond acceptors (Lipinski definition) is 3. The van der Waals surface area contributed by atoms with E-state index in [2.05, 4.69) is 58.1 Å². The monoisotopic (exact) mass is 435 g/mol. The molecule has 0 atom stereocenters. The Hall–Kier alpha value is -2.86. The van der Waals surface area contributed by atoms with Gasteiger partial charge in [-0.15, -0.1) is 0 Å². The van der Waals surface area contributed by atoms with Gasteiger partial charge >= 0.3 is 0 Å². The van der Waals surface area contributed by atoms with Gasteiger partial charge in [-0.3, -0.25) is 9.69 Å². The summed E-state index contributed by atoms with van der Waals surface area (Å²) in [5.41, 5.74) is 4.48. The third kappa shape index (κ3) is 7.38. The van der Waals surface area contributed by atoms with Crippen molar-refractivity contribution in [3.63, 3.8) is 0 Å². The summed E-state index contributed by atoms with van der Waals surface area (Å²) in [6.07, 6.45) is 4.79. The van der Waals surface area contributed by atoms with Crippen molar-refractivity contribution in [2.24, 2.45) is 4.99 Å². The maximum atomic E-state index is 11.8. The van der Waals surface area contributed by atoms with E-state index in [0.29, 0.717) is 12.1 Å². The zero-order valence-electron chi connectivity index (χ0n) is 19.5. The van der Waals surface area contributed by atoms with Crippen LogP contribution in [-0.4, -0.2) is 50.0 Å². The molecule has 2 aromatic rings. The van der Waals surface area contributed by atoms with Crippen LogP contribution in [0.2, 0.25) is 0 Å². The molecule has 32 heavy (non-hydrogen) atoms. The fourth-order valence-corrected chi connectivity index (χ4v) is 4.07. The van der Waals surface area contributed by atoms with E-state index in [1.807, 2.05) is 18.2 Å². The van der Waals surface area contributed by atoms with E-state index in [-0.39, 0.29) is 5.91 Å². The molecule has 0 radical (unpaired) electrons. The first kappa shape index (κ1) is 23.8. The van der Waals surface area contributed by atoms with Crippen molar-refractivity contribution in [1.82, 2.24) is 20.9 Å². The molecule has 0 aliphatic carbocycles. The molecular formula is C26H37N5O. The summed E-state index contributed by atoms with van der Waals surface area (Å²) in [4.78, 5) is 19.2. The number of carbonyl (C=O) groups excluding carboxylic acids is 1. The first-order valence-corrected chi connectivity index (χ1v) is 11.8. The summed E-state index contributed by atoms with van der Waals surface area (Å²) < 4.78 is 0. The molecule has 0 aromatic heterocycles. The number of rotatable bonds is 9. The quantitative estimate of drug-likeness (QED) is 0.417. The molecule has 1 fully saturated rings. The molecule has 1 heterocycles. The third-order valence-electron chi connectivity index (χ3n) is 5.84. The minimum Gasteiger partial charge on any atom is -0.357 e. The molecule has 1 amide bonds. The zero-order valence-corrected chi connectivity index (χ0v) is 19.5. The van der Waals surface area contributed by atoms with Gasteiger partial charge in [0.1, 0.15) is 0 Å². The molecule has 3 rings (SSSR count). The highest BCUT2D eigenvalue weighted by Gasteiger charge is 2.12. The minimum absolute atomic E-state index is 0.0575. The van der Waals surface area contributed by atoms with Crippen LogP contribution in [0.3, 0.4) is 0 Å². The first-order valence-electron chi connectivity index (χ1n) is 11.8. The lowest BCUT2D eigenvalue weighted by molar-refractivity contribution is 0.0963. The maximum absolute atomic E-state index is 11.8. The lowest BCUT2D eigenvalue weighted by Crippen LogP contribution is -2.38. The number of carbonyl (C=O) groups is 1. The number of nitrogens with one attached hydrogen (secondary N) is 3. The van der Waals surface area contributed by atoms with E-state index >= 15 is 0 Å². The number of piperidine rings is 1. The highest BCUT2D eigenvalue weighted by molar-refractivity contribution is 5.94. The van der Waals surface area contributed by atoms with Gasteiger partial charge in [0.25, 0.3) is 5.91 Å². The van der Waals surface area contributed by atoms with Gasteiger partial charge in [0.2, 0.25) is 0 Å². The molecule has 3 N–H and O–H groups in total.